The third-order valence-corrected chi connectivity index (χ3v) is 14.1. The number of ketones is 2. The quantitative estimate of drug-likeness (QED) is 0.159. The number of allylic oxidation sites excluding steroid dienone is 4. The van der Waals surface area contributed by atoms with E-state index in [2.05, 4.69) is 31.9 Å². The van der Waals surface area contributed by atoms with Crippen LogP contribution in [0.25, 0.3) is 5.57 Å². The zero-order valence-electron chi connectivity index (χ0n) is 28.1. The van der Waals surface area contributed by atoms with Crippen molar-refractivity contribution in [2.24, 2.45) is 23.7 Å². The van der Waals surface area contributed by atoms with Crippen molar-refractivity contribution in [2.75, 3.05) is 12.0 Å². The van der Waals surface area contributed by atoms with Gasteiger partial charge in [-0.25, -0.2) is 4.90 Å². The van der Waals surface area contributed by atoms with E-state index in [1.165, 1.54) is 18.1 Å². The first-order chi connectivity index (χ1) is 25.0. The van der Waals surface area contributed by atoms with Gasteiger partial charge >= 0.3 is 0 Å². The predicted molar refractivity (Wildman–Crippen MR) is 205 cm³/mol. The second-order valence-corrected chi connectivity index (χ2v) is 15.9. The van der Waals surface area contributed by atoms with Crippen molar-refractivity contribution >= 4 is 78.1 Å². The lowest BCUT2D eigenvalue weighted by molar-refractivity contribution is -0.135. The third kappa shape index (κ3) is 4.96. The van der Waals surface area contributed by atoms with Gasteiger partial charge < -0.3 is 9.84 Å². The van der Waals surface area contributed by atoms with Gasteiger partial charge in [0.1, 0.15) is 0 Å². The summed E-state index contributed by atoms with van der Waals surface area (Å²) in [6, 6.07) is 25.3. The first-order valence-corrected chi connectivity index (χ1v) is 19.0. The lowest BCUT2D eigenvalue weighted by Crippen LogP contribution is -2.59. The highest BCUT2D eigenvalue weighted by Gasteiger charge is 2.66. The fourth-order valence-corrected chi connectivity index (χ4v) is 10.3. The number of hydrogen-bond acceptors (Lipinski definition) is 6. The standard InChI is InChI=1S/C42H32Br2ClNO6/c1-21-13-14-24(17-31(21)45)46-40(50)26-16-15-25-28(34(26)41(46)51)18-30-38(48)27(22-9-5-3-6-10-22)20-33(47)42(30,23-11-7-4-8-12-23)35(25)29-19-32(52-2)39(49)37(44)36(29)43/h3-15,17,19-20,26,28,30,34-35,49H,16,18H2,1-2H3. The number of phenolic OH excluding ortho intramolecular Hbond substituents is 1. The molecule has 7 nitrogen and oxygen atoms in total. The molecule has 1 heterocycles. The second-order valence-electron chi connectivity index (χ2n) is 13.9. The molecule has 2 fully saturated rings. The summed E-state index contributed by atoms with van der Waals surface area (Å²) in [6.45, 7) is 1.85. The highest BCUT2D eigenvalue weighted by molar-refractivity contribution is 9.13. The molecule has 10 heteroatoms. The van der Waals surface area contributed by atoms with Crippen molar-refractivity contribution in [1.29, 1.82) is 0 Å². The minimum Gasteiger partial charge on any atom is -0.503 e. The number of nitrogens with zero attached hydrogens (tertiary/aromatic N) is 1. The molecular formula is C42H32Br2ClNO6. The van der Waals surface area contributed by atoms with Gasteiger partial charge in [-0.3, -0.25) is 19.2 Å². The van der Waals surface area contributed by atoms with Crippen LogP contribution in [0.5, 0.6) is 11.5 Å². The molecule has 0 radical (unpaired) electrons. The van der Waals surface area contributed by atoms with Gasteiger partial charge in [-0.1, -0.05) is 90.0 Å². The number of carbonyl (C=O) groups is 4. The van der Waals surface area contributed by atoms with Crippen LogP contribution in [0.3, 0.4) is 0 Å². The van der Waals surface area contributed by atoms with E-state index in [-0.39, 0.29) is 47.7 Å². The number of halogens is 3. The summed E-state index contributed by atoms with van der Waals surface area (Å²) in [5.41, 5.74) is 2.79. The molecule has 0 bridgehead atoms. The van der Waals surface area contributed by atoms with Crippen LogP contribution in [0.4, 0.5) is 5.69 Å². The fraction of sp³-hybridized carbons (Fsp3) is 0.238. The average Bonchev–Trinajstić information content (AvgIpc) is 3.42. The van der Waals surface area contributed by atoms with Crippen molar-refractivity contribution in [3.8, 4) is 11.5 Å². The van der Waals surface area contributed by atoms with Crippen molar-refractivity contribution in [1.82, 2.24) is 0 Å². The van der Waals surface area contributed by atoms with E-state index in [4.69, 9.17) is 16.3 Å². The summed E-state index contributed by atoms with van der Waals surface area (Å²) in [5.74, 6) is -4.78. The lowest BCUT2D eigenvalue weighted by atomic mass is 9.44. The molecule has 6 atom stereocenters. The average molecular weight is 842 g/mol. The molecule has 52 heavy (non-hydrogen) atoms. The molecule has 4 aliphatic rings. The van der Waals surface area contributed by atoms with Crippen LogP contribution < -0.4 is 9.64 Å². The molecule has 2 amide bonds. The Balaban J connectivity index is 1.39. The highest BCUT2D eigenvalue weighted by Crippen LogP contribution is 2.65. The zero-order valence-corrected chi connectivity index (χ0v) is 32.0. The summed E-state index contributed by atoms with van der Waals surface area (Å²) in [6.07, 6.45) is 3.92. The van der Waals surface area contributed by atoms with Crippen LogP contribution in [0.15, 0.2) is 112 Å². The Hall–Kier alpha value is -4.31. The van der Waals surface area contributed by atoms with Gasteiger partial charge in [0.15, 0.2) is 23.1 Å². The number of hydrogen-bond donors (Lipinski definition) is 1. The van der Waals surface area contributed by atoms with Crippen molar-refractivity contribution < 1.29 is 29.0 Å². The first-order valence-electron chi connectivity index (χ1n) is 17.0. The number of aromatic hydroxyl groups is 1. The topological polar surface area (TPSA) is 101 Å². The van der Waals surface area contributed by atoms with Gasteiger partial charge in [-0.2, -0.15) is 0 Å². The molecule has 0 aromatic heterocycles. The Labute approximate surface area is 322 Å². The predicted octanol–water partition coefficient (Wildman–Crippen LogP) is 8.92. The van der Waals surface area contributed by atoms with E-state index in [0.29, 0.717) is 41.9 Å². The zero-order chi connectivity index (χ0) is 36.6. The summed E-state index contributed by atoms with van der Waals surface area (Å²) in [4.78, 5) is 60.5. The van der Waals surface area contributed by atoms with E-state index in [9.17, 15) is 14.7 Å². The number of phenols is 1. The Bertz CT molecular complexity index is 2270. The summed E-state index contributed by atoms with van der Waals surface area (Å²) in [7, 11) is 1.45. The Kier molecular flexibility index (Phi) is 8.67. The molecule has 1 saturated heterocycles. The van der Waals surface area contributed by atoms with Gasteiger partial charge in [0.2, 0.25) is 11.8 Å². The molecular weight excluding hydrogens is 810 g/mol. The minimum absolute atomic E-state index is 0.130. The molecule has 1 aliphatic heterocycles. The molecule has 1 saturated carbocycles. The summed E-state index contributed by atoms with van der Waals surface area (Å²) >= 11 is 13.7. The molecule has 8 rings (SSSR count). The number of fused-ring (bicyclic) bond motifs is 4. The van der Waals surface area contributed by atoms with Crippen LogP contribution in [-0.4, -0.2) is 35.6 Å². The van der Waals surface area contributed by atoms with Crippen molar-refractivity contribution in [3.63, 3.8) is 0 Å². The van der Waals surface area contributed by atoms with Gasteiger partial charge in [0.25, 0.3) is 0 Å². The number of aryl methyl sites for hydroxylation is 1. The van der Waals surface area contributed by atoms with Crippen LogP contribution in [0.1, 0.15) is 41.0 Å². The van der Waals surface area contributed by atoms with Crippen LogP contribution in [0, 0.1) is 30.6 Å². The number of Topliss-reactive ketones (excluding diaryl/α,β-unsaturated/α-hetero) is 1. The number of imide groups is 1. The first kappa shape index (κ1) is 34.8. The third-order valence-electron chi connectivity index (χ3n) is 11.5. The Morgan fingerprint density at radius 3 is 2.25 bits per heavy atom. The highest BCUT2D eigenvalue weighted by atomic mass is 79.9. The van der Waals surface area contributed by atoms with Gasteiger partial charge in [0.05, 0.1) is 34.5 Å². The number of rotatable bonds is 5. The maximum absolute atomic E-state index is 15.3. The monoisotopic (exact) mass is 839 g/mol. The number of ether oxygens (including phenoxy) is 1. The molecule has 0 spiro atoms. The van der Waals surface area contributed by atoms with E-state index < -0.39 is 35.0 Å². The van der Waals surface area contributed by atoms with E-state index in [0.717, 1.165) is 11.1 Å². The number of methoxy groups -OCH3 is 1. The lowest BCUT2D eigenvalue weighted by Gasteiger charge is -2.55. The number of benzene rings is 4. The van der Waals surface area contributed by atoms with Crippen molar-refractivity contribution in [2.45, 2.75) is 31.1 Å². The van der Waals surface area contributed by atoms with Crippen molar-refractivity contribution in [3.05, 3.63) is 139 Å². The Morgan fingerprint density at radius 2 is 1.58 bits per heavy atom. The maximum atomic E-state index is 15.3. The largest absolute Gasteiger partial charge is 0.503 e. The van der Waals surface area contributed by atoms with Crippen LogP contribution in [0.2, 0.25) is 5.02 Å². The van der Waals surface area contributed by atoms with Gasteiger partial charge in [0, 0.05) is 26.9 Å². The molecule has 3 aliphatic carbocycles. The minimum atomic E-state index is -1.44. The van der Waals surface area contributed by atoms with E-state index in [1.54, 1.807) is 24.3 Å². The molecule has 6 unspecified atom stereocenters. The second kappa shape index (κ2) is 13.0. The van der Waals surface area contributed by atoms with Gasteiger partial charge in [-0.15, -0.1) is 0 Å². The normalized spacial score (nSPS) is 26.7. The maximum Gasteiger partial charge on any atom is 0.238 e. The number of amides is 2. The number of carbonyl (C=O) groups excluding carboxylic acids is 4. The van der Waals surface area contributed by atoms with Gasteiger partial charge in [-0.05, 0) is 104 Å². The number of anilines is 1. The molecule has 4 aromatic rings. The van der Waals surface area contributed by atoms with Crippen LogP contribution >= 0.6 is 43.5 Å². The van der Waals surface area contributed by atoms with E-state index in [1.807, 2.05) is 73.7 Å². The fourth-order valence-electron chi connectivity index (χ4n) is 9.17. The Morgan fingerprint density at radius 1 is 0.885 bits per heavy atom. The molecule has 1 N–H and O–H groups in total. The summed E-state index contributed by atoms with van der Waals surface area (Å²) < 4.78 is 6.43. The molecule has 262 valence electrons. The smallest absolute Gasteiger partial charge is 0.238 e. The summed E-state index contributed by atoms with van der Waals surface area (Å²) in [5, 5.41) is 11.5. The van der Waals surface area contributed by atoms with E-state index >= 15 is 9.59 Å². The SMILES string of the molecule is COc1cc(C2C3=CCC4C(=O)N(c5ccc(C)c(Cl)c5)C(=O)C4C3CC3C(=O)C(c4ccccc4)=CC(=O)C32c2ccccc2)c(Br)c(Br)c1O. The van der Waals surface area contributed by atoms with Crippen LogP contribution in [-0.2, 0) is 24.6 Å². The molecule has 4 aromatic carbocycles.